The van der Waals surface area contributed by atoms with Crippen molar-refractivity contribution >= 4 is 5.97 Å². The van der Waals surface area contributed by atoms with Gasteiger partial charge in [0.25, 0.3) is 0 Å². The second kappa shape index (κ2) is 8.08. The quantitative estimate of drug-likeness (QED) is 0.504. The summed E-state index contributed by atoms with van der Waals surface area (Å²) in [4.78, 5) is 12.3. The topological polar surface area (TPSA) is 97.7 Å². The zero-order valence-electron chi connectivity index (χ0n) is 12.9. The molecule has 0 aromatic rings. The summed E-state index contributed by atoms with van der Waals surface area (Å²) < 4.78 is 5.01. The minimum atomic E-state index is -1.64. The average molecular weight is 287 g/mol. The third-order valence-corrected chi connectivity index (χ3v) is 3.67. The van der Waals surface area contributed by atoms with E-state index in [2.05, 4.69) is 12.6 Å². The fourth-order valence-electron chi connectivity index (χ4n) is 2.15. The molecule has 0 saturated heterocycles. The van der Waals surface area contributed by atoms with E-state index in [1.807, 2.05) is 19.1 Å². The van der Waals surface area contributed by atoms with Crippen LogP contribution in [0.15, 0.2) is 12.2 Å². The average Bonchev–Trinajstić information content (AvgIpc) is 2.46. The first kappa shape index (κ1) is 18.7. The van der Waals surface area contributed by atoms with Gasteiger partial charge < -0.3 is 4.74 Å². The van der Waals surface area contributed by atoms with E-state index in [1.165, 1.54) is 0 Å². The molecule has 0 unspecified atom stereocenters. The number of allylic oxidation sites excluding steroid dienone is 1. The van der Waals surface area contributed by atoms with Crippen LogP contribution in [0.25, 0.3) is 0 Å². The highest BCUT2D eigenvalue weighted by atomic mass is 16.5. The molecule has 0 aliphatic carbocycles. The van der Waals surface area contributed by atoms with Gasteiger partial charge in [0.2, 0.25) is 0 Å². The van der Waals surface area contributed by atoms with Crippen LogP contribution in [0.1, 0.15) is 46.5 Å². The number of nitriles is 3. The van der Waals surface area contributed by atoms with Crippen LogP contribution in [-0.2, 0) is 9.53 Å². The van der Waals surface area contributed by atoms with Gasteiger partial charge in [0.1, 0.15) is 0 Å². The Labute approximate surface area is 126 Å². The maximum atomic E-state index is 12.3. The molecule has 0 radical (unpaired) electrons. The maximum absolute atomic E-state index is 12.3. The Balaban J connectivity index is 5.77. The summed E-state index contributed by atoms with van der Waals surface area (Å²) in [5, 5.41) is 27.9. The molecule has 0 aliphatic heterocycles. The molecule has 0 N–H and O–H groups in total. The number of carbonyl (C=O) groups excluding carboxylic acids is 1. The number of ether oxygens (including phenoxy) is 1. The molecule has 2 atom stereocenters. The molecule has 0 aromatic heterocycles. The van der Waals surface area contributed by atoms with Gasteiger partial charge >= 0.3 is 5.97 Å². The fourth-order valence-corrected chi connectivity index (χ4v) is 2.15. The van der Waals surface area contributed by atoms with E-state index in [-0.39, 0.29) is 19.4 Å². The molecular formula is C16H21N3O2. The molecule has 0 heterocycles. The van der Waals surface area contributed by atoms with Gasteiger partial charge in [-0.05, 0) is 40.0 Å². The van der Waals surface area contributed by atoms with E-state index in [1.54, 1.807) is 13.8 Å². The molecular weight excluding hydrogens is 266 g/mol. The lowest BCUT2D eigenvalue weighted by atomic mass is 9.61. The Bertz CT molecular complexity index is 521. The lowest BCUT2D eigenvalue weighted by Crippen LogP contribution is -2.45. The van der Waals surface area contributed by atoms with Gasteiger partial charge in [-0.15, -0.1) is 6.58 Å². The third kappa shape index (κ3) is 4.07. The highest BCUT2D eigenvalue weighted by Crippen LogP contribution is 2.47. The normalized spacial score (nSPS) is 15.4. The second-order valence-corrected chi connectivity index (χ2v) is 5.30. The summed E-state index contributed by atoms with van der Waals surface area (Å²) in [5.74, 6) is -0.728. The largest absolute Gasteiger partial charge is 0.465 e. The summed E-state index contributed by atoms with van der Waals surface area (Å²) in [7, 11) is 0. The SMILES string of the molecule is C=C(C)CC[C@](C)(C#N)[C@](C#N)(CCC#N)C(=O)OCC. The minimum absolute atomic E-state index is 0.0106. The standard InChI is InChI=1S/C16H21N3O2/c1-5-21-14(20)16(12-19,8-6-10-17)15(4,11-18)9-7-13(2)3/h2,5-9H2,1,3-4H3/t15-,16+/m1/s1. The zero-order valence-corrected chi connectivity index (χ0v) is 12.9. The molecule has 5 nitrogen and oxygen atoms in total. The van der Waals surface area contributed by atoms with Crippen LogP contribution in [0.3, 0.4) is 0 Å². The summed E-state index contributed by atoms with van der Waals surface area (Å²) in [5.41, 5.74) is -2.00. The monoisotopic (exact) mass is 287 g/mol. The molecule has 0 fully saturated rings. The predicted octanol–water partition coefficient (Wildman–Crippen LogP) is 3.25. The number of hydrogen-bond donors (Lipinski definition) is 0. The van der Waals surface area contributed by atoms with Crippen LogP contribution in [0, 0.1) is 44.8 Å². The fraction of sp³-hybridized carbons (Fsp3) is 0.625. The lowest BCUT2D eigenvalue weighted by molar-refractivity contribution is -0.157. The Morgan fingerprint density at radius 3 is 2.24 bits per heavy atom. The zero-order chi connectivity index (χ0) is 16.5. The number of esters is 1. The molecule has 0 bridgehead atoms. The van der Waals surface area contributed by atoms with Crippen molar-refractivity contribution in [3.05, 3.63) is 12.2 Å². The van der Waals surface area contributed by atoms with E-state index < -0.39 is 16.8 Å². The highest BCUT2D eigenvalue weighted by Gasteiger charge is 2.55. The summed E-state index contributed by atoms with van der Waals surface area (Å²) in [6, 6.07) is 6.00. The van der Waals surface area contributed by atoms with E-state index in [9.17, 15) is 15.3 Å². The first-order valence-electron chi connectivity index (χ1n) is 6.84. The third-order valence-electron chi connectivity index (χ3n) is 3.67. The Morgan fingerprint density at radius 1 is 1.24 bits per heavy atom. The molecule has 0 spiro atoms. The molecule has 112 valence electrons. The molecule has 0 amide bonds. The Morgan fingerprint density at radius 2 is 1.86 bits per heavy atom. The molecule has 21 heavy (non-hydrogen) atoms. The number of carbonyl (C=O) groups is 1. The number of hydrogen-bond acceptors (Lipinski definition) is 5. The Hall–Kier alpha value is -2.32. The van der Waals surface area contributed by atoms with Crippen LogP contribution < -0.4 is 0 Å². The van der Waals surface area contributed by atoms with Crippen molar-refractivity contribution in [2.24, 2.45) is 10.8 Å². The van der Waals surface area contributed by atoms with Crippen LogP contribution in [-0.4, -0.2) is 12.6 Å². The van der Waals surface area contributed by atoms with E-state index >= 15 is 0 Å². The molecule has 0 aromatic carbocycles. The minimum Gasteiger partial charge on any atom is -0.465 e. The number of rotatable bonds is 8. The summed E-state index contributed by atoms with van der Waals surface area (Å²) in [6.07, 6.45) is 0.839. The lowest BCUT2D eigenvalue weighted by Gasteiger charge is -2.36. The molecule has 0 aliphatic rings. The van der Waals surface area contributed by atoms with Crippen molar-refractivity contribution in [2.45, 2.75) is 46.5 Å². The van der Waals surface area contributed by atoms with Gasteiger partial charge in [0.05, 0.1) is 30.2 Å². The van der Waals surface area contributed by atoms with Crippen molar-refractivity contribution in [3.63, 3.8) is 0 Å². The maximum Gasteiger partial charge on any atom is 0.328 e. The van der Waals surface area contributed by atoms with Gasteiger partial charge in [-0.2, -0.15) is 15.8 Å². The first-order valence-corrected chi connectivity index (χ1v) is 6.84. The second-order valence-electron chi connectivity index (χ2n) is 5.30. The van der Waals surface area contributed by atoms with Gasteiger partial charge in [-0.1, -0.05) is 5.57 Å². The Kier molecular flexibility index (Phi) is 7.18. The smallest absolute Gasteiger partial charge is 0.328 e. The molecule has 0 rings (SSSR count). The molecule has 0 saturated carbocycles. The van der Waals surface area contributed by atoms with Crippen molar-refractivity contribution in [1.29, 1.82) is 15.8 Å². The predicted molar refractivity (Wildman–Crippen MR) is 77.3 cm³/mol. The van der Waals surface area contributed by atoms with Gasteiger partial charge in [0, 0.05) is 6.42 Å². The van der Waals surface area contributed by atoms with Crippen molar-refractivity contribution in [2.75, 3.05) is 6.61 Å². The van der Waals surface area contributed by atoms with Crippen molar-refractivity contribution in [1.82, 2.24) is 0 Å². The van der Waals surface area contributed by atoms with Gasteiger partial charge in [-0.25, -0.2) is 0 Å². The van der Waals surface area contributed by atoms with Gasteiger partial charge in [-0.3, -0.25) is 4.79 Å². The van der Waals surface area contributed by atoms with E-state index in [0.717, 1.165) is 5.57 Å². The molecule has 5 heteroatoms. The van der Waals surface area contributed by atoms with Crippen molar-refractivity contribution < 1.29 is 9.53 Å². The van der Waals surface area contributed by atoms with Crippen LogP contribution >= 0.6 is 0 Å². The van der Waals surface area contributed by atoms with Gasteiger partial charge in [0.15, 0.2) is 5.41 Å². The summed E-state index contributed by atoms with van der Waals surface area (Å²) in [6.45, 7) is 8.95. The highest BCUT2D eigenvalue weighted by molar-refractivity contribution is 5.82. The van der Waals surface area contributed by atoms with Crippen LogP contribution in [0.2, 0.25) is 0 Å². The van der Waals surface area contributed by atoms with E-state index in [4.69, 9.17) is 10.00 Å². The van der Waals surface area contributed by atoms with Crippen LogP contribution in [0.5, 0.6) is 0 Å². The van der Waals surface area contributed by atoms with Crippen LogP contribution in [0.4, 0.5) is 0 Å². The first-order chi connectivity index (χ1) is 9.83. The number of nitrogens with zero attached hydrogens (tertiary/aromatic N) is 3. The van der Waals surface area contributed by atoms with Crippen molar-refractivity contribution in [3.8, 4) is 18.2 Å². The van der Waals surface area contributed by atoms with E-state index in [0.29, 0.717) is 12.8 Å². The summed E-state index contributed by atoms with van der Waals surface area (Å²) >= 11 is 0.